The van der Waals surface area contributed by atoms with Crippen LogP contribution in [0.5, 0.6) is 5.75 Å². The molecule has 0 saturated heterocycles. The van der Waals surface area contributed by atoms with E-state index in [1.165, 1.54) is 12.1 Å². The van der Waals surface area contributed by atoms with E-state index in [0.29, 0.717) is 17.3 Å². The Kier molecular flexibility index (Phi) is 4.81. The third kappa shape index (κ3) is 3.17. The topological polar surface area (TPSA) is 50.8 Å². The summed E-state index contributed by atoms with van der Waals surface area (Å²) in [7, 11) is 0. The Morgan fingerprint density at radius 3 is 2.76 bits per heavy atom. The molecule has 0 aliphatic heterocycles. The fraction of sp³-hybridized carbons (Fsp3) is 0.333. The lowest BCUT2D eigenvalue weighted by molar-refractivity contribution is 0.291. The zero-order chi connectivity index (χ0) is 15.4. The highest BCUT2D eigenvalue weighted by atomic mass is 35.5. The van der Waals surface area contributed by atoms with Crippen LogP contribution in [0, 0.1) is 17.1 Å². The zero-order valence-corrected chi connectivity index (χ0v) is 12.6. The first-order valence-corrected chi connectivity index (χ1v) is 7.05. The van der Waals surface area contributed by atoms with Crippen LogP contribution in [-0.2, 0) is 19.6 Å². The molecule has 110 valence electrons. The molecular formula is C15H15ClFN3O. The Morgan fingerprint density at radius 2 is 2.19 bits per heavy atom. The molecule has 0 radical (unpaired) electrons. The van der Waals surface area contributed by atoms with Crippen molar-refractivity contribution >= 4 is 11.6 Å². The molecule has 0 aliphatic rings. The maximum atomic E-state index is 13.5. The molecule has 1 aromatic heterocycles. The average molecular weight is 308 g/mol. The van der Waals surface area contributed by atoms with E-state index in [0.717, 1.165) is 17.8 Å². The van der Waals surface area contributed by atoms with Crippen molar-refractivity contribution in [1.29, 1.82) is 5.26 Å². The number of halogens is 2. The van der Waals surface area contributed by atoms with E-state index in [-0.39, 0.29) is 12.2 Å². The van der Waals surface area contributed by atoms with Crippen LogP contribution in [0.3, 0.4) is 0 Å². The molecule has 21 heavy (non-hydrogen) atoms. The predicted octanol–water partition coefficient (Wildman–Crippen LogP) is 3.71. The van der Waals surface area contributed by atoms with E-state index < -0.39 is 5.82 Å². The summed E-state index contributed by atoms with van der Waals surface area (Å²) in [5.41, 5.74) is 1.58. The first kappa shape index (κ1) is 15.3. The van der Waals surface area contributed by atoms with Gasteiger partial charge in [0.05, 0.1) is 22.0 Å². The van der Waals surface area contributed by atoms with Crippen molar-refractivity contribution in [3.05, 3.63) is 46.0 Å². The summed E-state index contributed by atoms with van der Waals surface area (Å²) in [5.74, 6) is -0.246. The molecular weight excluding hydrogens is 293 g/mol. The lowest BCUT2D eigenvalue weighted by Gasteiger charge is -2.08. The van der Waals surface area contributed by atoms with Gasteiger partial charge in [-0.1, -0.05) is 18.5 Å². The second-order valence-electron chi connectivity index (χ2n) is 4.42. The molecule has 0 spiro atoms. The van der Waals surface area contributed by atoms with Gasteiger partial charge in [0, 0.05) is 12.6 Å². The summed E-state index contributed by atoms with van der Waals surface area (Å²) in [6, 6.07) is 5.91. The van der Waals surface area contributed by atoms with Gasteiger partial charge in [0.25, 0.3) is 0 Å². The van der Waals surface area contributed by atoms with Gasteiger partial charge in [-0.05, 0) is 25.5 Å². The van der Waals surface area contributed by atoms with Crippen molar-refractivity contribution in [3.8, 4) is 11.8 Å². The number of aryl methyl sites for hydroxylation is 2. The van der Waals surface area contributed by atoms with Crippen LogP contribution >= 0.6 is 11.6 Å². The number of aromatic nitrogens is 2. The van der Waals surface area contributed by atoms with Crippen LogP contribution in [0.25, 0.3) is 0 Å². The quantitative estimate of drug-likeness (QED) is 0.846. The number of nitrogens with zero attached hydrogens (tertiary/aromatic N) is 3. The highest BCUT2D eigenvalue weighted by Gasteiger charge is 2.15. The summed E-state index contributed by atoms with van der Waals surface area (Å²) in [6.45, 7) is 4.83. The molecule has 0 amide bonds. The van der Waals surface area contributed by atoms with Gasteiger partial charge in [-0.2, -0.15) is 10.4 Å². The first-order chi connectivity index (χ1) is 10.1. The van der Waals surface area contributed by atoms with Crippen LogP contribution < -0.4 is 4.74 Å². The molecule has 0 saturated carbocycles. The van der Waals surface area contributed by atoms with Crippen molar-refractivity contribution in [2.45, 2.75) is 33.4 Å². The summed E-state index contributed by atoms with van der Waals surface area (Å²) in [6.07, 6.45) is 0.740. The van der Waals surface area contributed by atoms with E-state index in [1.807, 2.05) is 13.8 Å². The predicted molar refractivity (Wildman–Crippen MR) is 77.7 cm³/mol. The summed E-state index contributed by atoms with van der Waals surface area (Å²) < 4.78 is 20.9. The average Bonchev–Trinajstić information content (AvgIpc) is 2.80. The van der Waals surface area contributed by atoms with Gasteiger partial charge in [0.15, 0.2) is 0 Å². The normalized spacial score (nSPS) is 10.4. The number of rotatable bonds is 5. The molecule has 6 heteroatoms. The fourth-order valence-electron chi connectivity index (χ4n) is 1.98. The number of hydrogen-bond acceptors (Lipinski definition) is 3. The Morgan fingerprint density at radius 1 is 1.43 bits per heavy atom. The van der Waals surface area contributed by atoms with Crippen LogP contribution in [-0.4, -0.2) is 9.78 Å². The molecule has 4 nitrogen and oxygen atoms in total. The number of nitriles is 1. The smallest absolute Gasteiger partial charge is 0.144 e. The van der Waals surface area contributed by atoms with Gasteiger partial charge in [0.2, 0.25) is 0 Å². The molecule has 2 aromatic rings. The molecule has 0 unspecified atom stereocenters. The highest BCUT2D eigenvalue weighted by Crippen LogP contribution is 2.24. The van der Waals surface area contributed by atoms with E-state index >= 15 is 0 Å². The summed E-state index contributed by atoms with van der Waals surface area (Å²) in [4.78, 5) is 0. The minimum atomic E-state index is -0.598. The highest BCUT2D eigenvalue weighted by molar-refractivity contribution is 6.31. The molecule has 0 bridgehead atoms. The van der Waals surface area contributed by atoms with Crippen LogP contribution in [0.4, 0.5) is 4.39 Å². The molecule has 0 atom stereocenters. The maximum absolute atomic E-state index is 13.5. The maximum Gasteiger partial charge on any atom is 0.144 e. The van der Waals surface area contributed by atoms with Gasteiger partial charge in [-0.3, -0.25) is 4.68 Å². The van der Waals surface area contributed by atoms with E-state index in [4.69, 9.17) is 21.6 Å². The number of ether oxygens (including phenoxy) is 1. The summed E-state index contributed by atoms with van der Waals surface area (Å²) >= 11 is 6.27. The standard InChI is InChI=1S/C15H15ClFN3O/c1-3-13-15(16)14(20(4-2)19-13)9-21-11-6-5-10(8-18)12(17)7-11/h5-7H,3-4,9H2,1-2H3. The molecule has 0 N–H and O–H groups in total. The Labute approximate surface area is 127 Å². The van der Waals surface area contributed by atoms with Crippen molar-refractivity contribution in [3.63, 3.8) is 0 Å². The zero-order valence-electron chi connectivity index (χ0n) is 11.9. The van der Waals surface area contributed by atoms with Crippen molar-refractivity contribution in [1.82, 2.24) is 9.78 Å². The number of hydrogen-bond donors (Lipinski definition) is 0. The van der Waals surface area contributed by atoms with Gasteiger partial charge < -0.3 is 4.74 Å². The third-order valence-electron chi connectivity index (χ3n) is 3.13. The van der Waals surface area contributed by atoms with E-state index in [1.54, 1.807) is 16.8 Å². The first-order valence-electron chi connectivity index (χ1n) is 6.67. The number of benzene rings is 1. The monoisotopic (exact) mass is 307 g/mol. The summed E-state index contributed by atoms with van der Waals surface area (Å²) in [5, 5.41) is 13.7. The van der Waals surface area contributed by atoms with E-state index in [9.17, 15) is 4.39 Å². The van der Waals surface area contributed by atoms with Gasteiger partial charge in [-0.25, -0.2) is 4.39 Å². The van der Waals surface area contributed by atoms with Crippen LogP contribution in [0.1, 0.15) is 30.8 Å². The minimum absolute atomic E-state index is 0.00717. The second-order valence-corrected chi connectivity index (χ2v) is 4.80. The molecule has 2 rings (SSSR count). The molecule has 0 aliphatic carbocycles. The van der Waals surface area contributed by atoms with Crippen molar-refractivity contribution < 1.29 is 9.13 Å². The van der Waals surface area contributed by atoms with Gasteiger partial charge >= 0.3 is 0 Å². The lowest BCUT2D eigenvalue weighted by Crippen LogP contribution is -2.06. The minimum Gasteiger partial charge on any atom is -0.487 e. The molecule has 1 heterocycles. The Hall–Kier alpha value is -2.06. The van der Waals surface area contributed by atoms with Crippen LogP contribution in [0.2, 0.25) is 5.02 Å². The fourth-order valence-corrected chi connectivity index (χ4v) is 2.31. The van der Waals surface area contributed by atoms with Crippen LogP contribution in [0.15, 0.2) is 18.2 Å². The van der Waals surface area contributed by atoms with Crippen molar-refractivity contribution in [2.24, 2.45) is 0 Å². The molecule has 0 fully saturated rings. The molecule has 1 aromatic carbocycles. The largest absolute Gasteiger partial charge is 0.487 e. The Balaban J connectivity index is 2.18. The SMILES string of the molecule is CCc1nn(CC)c(COc2ccc(C#N)c(F)c2)c1Cl. The van der Waals surface area contributed by atoms with Gasteiger partial charge in [-0.15, -0.1) is 0 Å². The second kappa shape index (κ2) is 6.59. The van der Waals surface area contributed by atoms with Crippen molar-refractivity contribution in [2.75, 3.05) is 0 Å². The van der Waals surface area contributed by atoms with Gasteiger partial charge in [0.1, 0.15) is 24.2 Å². The van der Waals surface area contributed by atoms with E-state index in [2.05, 4.69) is 5.10 Å². The Bertz CT molecular complexity index is 691. The lowest BCUT2D eigenvalue weighted by atomic mass is 10.2. The third-order valence-corrected chi connectivity index (χ3v) is 3.57.